The van der Waals surface area contributed by atoms with Gasteiger partial charge in [-0.1, -0.05) is 180 Å². The van der Waals surface area contributed by atoms with Crippen LogP contribution in [-0.2, 0) is 41.5 Å². The molecule has 0 aliphatic carbocycles. The number of fused-ring (bicyclic) bond motifs is 1. The molecule has 16 nitrogen and oxygen atoms in total. The molecule has 7 aromatic carbocycles. The highest BCUT2D eigenvalue weighted by molar-refractivity contribution is 5.90. The second kappa shape index (κ2) is 26.8. The number of rotatable bonds is 12. The van der Waals surface area contributed by atoms with Gasteiger partial charge >= 0.3 is 11.9 Å². The molecule has 4 atom stereocenters. The summed E-state index contributed by atoms with van der Waals surface area (Å²) in [6.07, 6.45) is -5.14. The van der Waals surface area contributed by atoms with E-state index in [4.69, 9.17) is 58.5 Å². The van der Waals surface area contributed by atoms with Gasteiger partial charge in [0.25, 0.3) is 0 Å². The number of para-hydroxylation sites is 2. The number of carbonyl (C=O) groups is 2. The van der Waals surface area contributed by atoms with Crippen molar-refractivity contribution in [1.82, 2.24) is 30.0 Å². The van der Waals surface area contributed by atoms with E-state index in [2.05, 4.69) is 0 Å². The number of benzene rings is 7. The molecule has 0 unspecified atom stereocenters. The second-order valence-corrected chi connectivity index (χ2v) is 18.1. The van der Waals surface area contributed by atoms with Crippen molar-refractivity contribution in [2.45, 2.75) is 37.5 Å². The van der Waals surface area contributed by atoms with Crippen molar-refractivity contribution in [1.29, 1.82) is 0 Å². The molecule has 0 bridgehead atoms. The molecule has 0 fully saturated rings. The fraction of sp³-hybridized carbons (Fsp3) is 0.226. The third kappa shape index (κ3) is 13.4. The van der Waals surface area contributed by atoms with Gasteiger partial charge < -0.3 is 37.9 Å². The lowest BCUT2D eigenvalue weighted by atomic mass is 9.99. The van der Waals surface area contributed by atoms with Gasteiger partial charge in [-0.2, -0.15) is 0 Å². The number of hydrogen-bond donors (Lipinski definition) is 0. The van der Waals surface area contributed by atoms with E-state index < -0.39 is 36.4 Å². The summed E-state index contributed by atoms with van der Waals surface area (Å²) in [7, 11) is 0. The number of carbonyl (C=O) groups excluding carboxylic acids is 2. The zero-order valence-corrected chi connectivity index (χ0v) is 42.8. The lowest BCUT2D eigenvalue weighted by molar-refractivity contribution is -0.156. The van der Waals surface area contributed by atoms with E-state index in [0.29, 0.717) is 34.3 Å². The van der Waals surface area contributed by atoms with Crippen molar-refractivity contribution in [2.24, 2.45) is 0 Å². The van der Waals surface area contributed by atoms with E-state index in [9.17, 15) is 9.59 Å². The summed E-state index contributed by atoms with van der Waals surface area (Å²) in [5.41, 5.74) is 6.39. The molecule has 10 rings (SSSR count). The third-order valence-electron chi connectivity index (χ3n) is 12.9. The van der Waals surface area contributed by atoms with Crippen LogP contribution in [0.1, 0.15) is 20.7 Å². The Balaban J connectivity index is 1.12. The maximum absolute atomic E-state index is 14.8. The Morgan fingerprint density at radius 2 is 0.718 bits per heavy atom. The van der Waals surface area contributed by atoms with Gasteiger partial charge in [0.1, 0.15) is 36.8 Å². The number of esters is 2. The molecule has 2 aromatic heterocycles. The summed E-state index contributed by atoms with van der Waals surface area (Å²) < 4.78 is 55.4. The Hall–Kier alpha value is -8.80. The van der Waals surface area contributed by atoms with Crippen molar-refractivity contribution in [2.75, 3.05) is 52.9 Å². The average molecular weight is 1050 g/mol. The van der Waals surface area contributed by atoms with Crippen molar-refractivity contribution >= 4 is 11.9 Å². The Kier molecular flexibility index (Phi) is 18.1. The molecule has 0 saturated carbocycles. The smallest absolute Gasteiger partial charge is 0.338 e. The van der Waals surface area contributed by atoms with Gasteiger partial charge in [-0.25, -0.2) is 19.0 Å². The molecule has 1 aliphatic rings. The predicted octanol–water partition coefficient (Wildman–Crippen LogP) is 9.96. The van der Waals surface area contributed by atoms with E-state index in [-0.39, 0.29) is 77.1 Å². The SMILES string of the molecule is O=C(O[C@H]1[C@H](OC(=O)c2ccccc2)[C@@H](Cn2nnc(-c3ccccc3)c2-c2ccccc2)OCCOCCOc2ccccc2OCCOCCO[C@@H]1Cn1nnc(-c2ccccc2)c1-c1ccccc1)c1ccccc1. The van der Waals surface area contributed by atoms with Crippen LogP contribution in [0.4, 0.5) is 0 Å². The maximum Gasteiger partial charge on any atom is 0.338 e. The highest BCUT2D eigenvalue weighted by atomic mass is 16.6. The third-order valence-corrected chi connectivity index (χ3v) is 12.9. The van der Waals surface area contributed by atoms with Gasteiger partial charge in [-0.3, -0.25) is 0 Å². The molecule has 16 heteroatoms. The van der Waals surface area contributed by atoms with Crippen LogP contribution in [0.2, 0.25) is 0 Å². The first-order valence-corrected chi connectivity index (χ1v) is 25.9. The fourth-order valence-corrected chi connectivity index (χ4v) is 9.14. The Labute approximate surface area is 452 Å². The van der Waals surface area contributed by atoms with Crippen molar-refractivity contribution in [3.63, 3.8) is 0 Å². The Morgan fingerprint density at radius 1 is 0.397 bits per heavy atom. The first-order chi connectivity index (χ1) is 38.6. The largest absolute Gasteiger partial charge is 0.487 e. The quantitative estimate of drug-likeness (QED) is 0.106. The highest BCUT2D eigenvalue weighted by Crippen LogP contribution is 2.34. The molecule has 0 amide bonds. The topological polar surface area (TPSA) is 169 Å². The van der Waals surface area contributed by atoms with E-state index in [1.807, 2.05) is 158 Å². The summed E-state index contributed by atoms with van der Waals surface area (Å²) in [4.78, 5) is 29.7. The normalized spacial score (nSPS) is 17.8. The molecular weight excluding hydrogens is 989 g/mol. The van der Waals surface area contributed by atoms with E-state index in [1.54, 1.807) is 57.9 Å². The van der Waals surface area contributed by atoms with Crippen LogP contribution in [-0.4, -0.2) is 119 Å². The van der Waals surface area contributed by atoms with Crippen LogP contribution in [0.3, 0.4) is 0 Å². The summed E-state index contributed by atoms with van der Waals surface area (Å²) in [6.45, 7) is 0.899. The molecule has 1 aliphatic heterocycles. The molecule has 0 spiro atoms. The fourth-order valence-electron chi connectivity index (χ4n) is 9.14. The monoisotopic (exact) mass is 1050 g/mol. The van der Waals surface area contributed by atoms with Crippen LogP contribution in [0, 0.1) is 0 Å². The molecule has 0 radical (unpaired) electrons. The van der Waals surface area contributed by atoms with E-state index >= 15 is 0 Å². The molecule has 0 N–H and O–H groups in total. The summed E-state index contributed by atoms with van der Waals surface area (Å²) in [6, 6.07) is 63.7. The number of hydrogen-bond acceptors (Lipinski definition) is 14. The summed E-state index contributed by atoms with van der Waals surface area (Å²) in [5.74, 6) is -0.284. The van der Waals surface area contributed by atoms with Crippen LogP contribution in [0.5, 0.6) is 11.5 Å². The summed E-state index contributed by atoms with van der Waals surface area (Å²) in [5, 5.41) is 19.1. The molecular formula is C62H58N6O10. The van der Waals surface area contributed by atoms with Gasteiger partial charge in [-0.05, 0) is 36.4 Å². The maximum atomic E-state index is 14.8. The van der Waals surface area contributed by atoms with E-state index in [1.165, 1.54) is 0 Å². The predicted molar refractivity (Wildman–Crippen MR) is 292 cm³/mol. The zero-order valence-electron chi connectivity index (χ0n) is 42.8. The van der Waals surface area contributed by atoms with Crippen LogP contribution < -0.4 is 9.47 Å². The molecule has 0 saturated heterocycles. The van der Waals surface area contributed by atoms with E-state index in [0.717, 1.165) is 22.3 Å². The standard InChI is InChI=1S/C62H58N6O10/c69-61(49-29-15-5-16-30-49)77-59-53(43-67-57(47-25-11-3-12-26-47)55(63-65-67)45-21-7-1-8-22-45)75-41-37-71-35-39-73-51-33-19-20-34-52(51)74-40-36-72-38-42-76-54(60(59)78-62(70)50-31-17-6-18-32-50)44-68-58(48-27-13-4-14-28-48)56(64-66-68)46-23-9-2-10-24-46/h1-34,53-54,59-60H,35-44H2/t53-,54-,59-,60-/m1/s1. The number of aromatic nitrogens is 6. The van der Waals surface area contributed by atoms with Gasteiger partial charge in [0, 0.05) is 22.3 Å². The number of nitrogens with zero attached hydrogens (tertiary/aromatic N) is 6. The van der Waals surface area contributed by atoms with Crippen LogP contribution >= 0.6 is 0 Å². The lowest BCUT2D eigenvalue weighted by Gasteiger charge is -2.37. The first kappa shape index (κ1) is 52.6. The average Bonchev–Trinajstić information content (AvgIpc) is 4.13. The Bertz CT molecular complexity index is 3060. The van der Waals surface area contributed by atoms with Crippen molar-refractivity contribution in [3.05, 3.63) is 217 Å². The zero-order chi connectivity index (χ0) is 53.1. The minimum atomic E-state index is -1.43. The highest BCUT2D eigenvalue weighted by Gasteiger charge is 2.44. The molecule has 3 heterocycles. The lowest BCUT2D eigenvalue weighted by Crippen LogP contribution is -2.54. The van der Waals surface area contributed by atoms with Crippen LogP contribution in [0.15, 0.2) is 206 Å². The Morgan fingerprint density at radius 3 is 1.09 bits per heavy atom. The van der Waals surface area contributed by atoms with Gasteiger partial charge in [0.2, 0.25) is 0 Å². The van der Waals surface area contributed by atoms with Gasteiger partial charge in [0.15, 0.2) is 23.7 Å². The molecule has 9 aromatic rings. The van der Waals surface area contributed by atoms with Gasteiger partial charge in [0.05, 0.1) is 75.2 Å². The minimum absolute atomic E-state index is 0.00888. The number of ether oxygens (including phenoxy) is 8. The van der Waals surface area contributed by atoms with Crippen molar-refractivity contribution in [3.8, 4) is 56.5 Å². The molecule has 396 valence electrons. The molecule has 78 heavy (non-hydrogen) atoms. The second-order valence-electron chi connectivity index (χ2n) is 18.1. The van der Waals surface area contributed by atoms with Crippen molar-refractivity contribution < 1.29 is 47.5 Å². The minimum Gasteiger partial charge on any atom is -0.487 e. The van der Waals surface area contributed by atoms with Crippen LogP contribution in [0.25, 0.3) is 45.0 Å². The van der Waals surface area contributed by atoms with Gasteiger partial charge in [-0.15, -0.1) is 10.2 Å². The first-order valence-electron chi connectivity index (χ1n) is 25.9. The summed E-state index contributed by atoms with van der Waals surface area (Å²) >= 11 is 0.